The molecular formula is C14H14FNO. The monoisotopic (exact) mass is 231 g/mol. The number of hydrogen-bond donors (Lipinski definition) is 1. The molecule has 1 aromatic carbocycles. The lowest BCUT2D eigenvalue weighted by Crippen LogP contribution is -2.09. The van der Waals surface area contributed by atoms with Gasteiger partial charge in [-0.15, -0.1) is 0 Å². The fourth-order valence-electron chi connectivity index (χ4n) is 1.46. The van der Waals surface area contributed by atoms with E-state index in [9.17, 15) is 4.39 Å². The lowest BCUT2D eigenvalue weighted by Gasteiger charge is -1.96. The van der Waals surface area contributed by atoms with Gasteiger partial charge in [0.05, 0.1) is 0 Å². The molecule has 1 aromatic heterocycles. The zero-order valence-corrected chi connectivity index (χ0v) is 9.56. The molecule has 2 aromatic rings. The number of halogens is 1. The van der Waals surface area contributed by atoms with E-state index in [2.05, 4.69) is 0 Å². The average molecular weight is 231 g/mol. The highest BCUT2D eigenvalue weighted by Crippen LogP contribution is 2.22. The molecule has 0 fully saturated rings. The Bertz CT molecular complexity index is 511. The lowest BCUT2D eigenvalue weighted by atomic mass is 10.2. The van der Waals surface area contributed by atoms with Crippen molar-refractivity contribution < 1.29 is 8.81 Å². The molecule has 3 heteroatoms. The van der Waals surface area contributed by atoms with Crippen molar-refractivity contribution >= 4 is 6.08 Å². The van der Waals surface area contributed by atoms with Crippen LogP contribution in [0.25, 0.3) is 17.4 Å². The summed E-state index contributed by atoms with van der Waals surface area (Å²) in [7, 11) is 0. The van der Waals surface area contributed by atoms with E-state index in [1.807, 2.05) is 31.2 Å². The van der Waals surface area contributed by atoms with Gasteiger partial charge in [-0.3, -0.25) is 0 Å². The van der Waals surface area contributed by atoms with Crippen LogP contribution in [-0.2, 0) is 0 Å². The van der Waals surface area contributed by atoms with Crippen molar-refractivity contribution in [2.24, 2.45) is 5.73 Å². The van der Waals surface area contributed by atoms with Crippen molar-refractivity contribution in [1.82, 2.24) is 0 Å². The van der Waals surface area contributed by atoms with Gasteiger partial charge in [-0.25, -0.2) is 4.39 Å². The molecule has 0 spiro atoms. The number of furan rings is 1. The Balaban J connectivity index is 2.21. The van der Waals surface area contributed by atoms with Crippen molar-refractivity contribution in [3.63, 3.8) is 0 Å². The minimum atomic E-state index is -0.252. The summed E-state index contributed by atoms with van der Waals surface area (Å²) in [5.74, 6) is 1.20. The topological polar surface area (TPSA) is 39.2 Å². The van der Waals surface area contributed by atoms with Crippen LogP contribution >= 0.6 is 0 Å². The third-order valence-electron chi connectivity index (χ3n) is 2.32. The summed E-state index contributed by atoms with van der Waals surface area (Å²) >= 11 is 0. The van der Waals surface area contributed by atoms with Crippen LogP contribution in [-0.4, -0.2) is 6.04 Å². The van der Waals surface area contributed by atoms with Crippen LogP contribution in [0.15, 0.2) is 46.9 Å². The van der Waals surface area contributed by atoms with Gasteiger partial charge in [-0.1, -0.05) is 6.08 Å². The highest BCUT2D eigenvalue weighted by atomic mass is 19.1. The summed E-state index contributed by atoms with van der Waals surface area (Å²) in [4.78, 5) is 0. The second-order valence-corrected chi connectivity index (χ2v) is 3.93. The van der Waals surface area contributed by atoms with Crippen LogP contribution in [0.3, 0.4) is 0 Å². The van der Waals surface area contributed by atoms with Gasteiger partial charge in [-0.2, -0.15) is 0 Å². The Morgan fingerprint density at radius 2 is 1.88 bits per heavy atom. The Labute approximate surface area is 99.6 Å². The molecule has 17 heavy (non-hydrogen) atoms. The molecule has 1 heterocycles. The quantitative estimate of drug-likeness (QED) is 0.878. The lowest BCUT2D eigenvalue weighted by molar-refractivity contribution is 0.571. The van der Waals surface area contributed by atoms with E-state index in [0.717, 1.165) is 11.3 Å². The number of rotatable bonds is 3. The average Bonchev–Trinajstić information content (AvgIpc) is 2.76. The molecule has 0 saturated carbocycles. The standard InChI is InChI=1S/C14H14FNO/c1-10(16)2-7-13-8-9-14(17-13)11-3-5-12(15)6-4-11/h2-10H,16H2,1H3/b7-2+. The molecular weight excluding hydrogens is 217 g/mol. The molecule has 88 valence electrons. The zero-order valence-electron chi connectivity index (χ0n) is 9.56. The molecule has 2 N–H and O–H groups in total. The fraction of sp³-hybridized carbons (Fsp3) is 0.143. The van der Waals surface area contributed by atoms with E-state index in [4.69, 9.17) is 10.2 Å². The second kappa shape index (κ2) is 4.97. The molecule has 2 nitrogen and oxygen atoms in total. The predicted octanol–water partition coefficient (Wildman–Crippen LogP) is 3.45. The van der Waals surface area contributed by atoms with Gasteiger partial charge in [-0.05, 0) is 49.4 Å². The highest BCUT2D eigenvalue weighted by Gasteiger charge is 2.03. The number of benzene rings is 1. The molecule has 1 unspecified atom stereocenters. The third-order valence-corrected chi connectivity index (χ3v) is 2.32. The third kappa shape index (κ3) is 3.04. The molecule has 1 atom stereocenters. The zero-order chi connectivity index (χ0) is 12.3. The smallest absolute Gasteiger partial charge is 0.134 e. The molecule has 2 rings (SSSR count). The van der Waals surface area contributed by atoms with Crippen molar-refractivity contribution in [1.29, 1.82) is 0 Å². The molecule has 0 bridgehead atoms. The minimum absolute atomic E-state index is 0.00521. The molecule has 0 aliphatic heterocycles. The first-order valence-corrected chi connectivity index (χ1v) is 5.45. The number of nitrogens with two attached hydrogens (primary N) is 1. The van der Waals surface area contributed by atoms with Crippen LogP contribution in [0, 0.1) is 5.82 Å². The summed E-state index contributed by atoms with van der Waals surface area (Å²) in [5.41, 5.74) is 6.46. The van der Waals surface area contributed by atoms with Crippen molar-refractivity contribution in [3.8, 4) is 11.3 Å². The van der Waals surface area contributed by atoms with Gasteiger partial charge in [0.15, 0.2) is 0 Å². The van der Waals surface area contributed by atoms with Crippen LogP contribution in [0.2, 0.25) is 0 Å². The molecule has 0 amide bonds. The van der Waals surface area contributed by atoms with Crippen LogP contribution in [0.4, 0.5) is 4.39 Å². The van der Waals surface area contributed by atoms with Gasteiger partial charge in [0.25, 0.3) is 0 Å². The maximum atomic E-state index is 12.8. The van der Waals surface area contributed by atoms with E-state index in [1.54, 1.807) is 12.1 Å². The number of hydrogen-bond acceptors (Lipinski definition) is 2. The van der Waals surface area contributed by atoms with Crippen molar-refractivity contribution in [2.75, 3.05) is 0 Å². The summed E-state index contributed by atoms with van der Waals surface area (Å²) in [6, 6.07) is 9.91. The Morgan fingerprint density at radius 1 is 1.18 bits per heavy atom. The fourth-order valence-corrected chi connectivity index (χ4v) is 1.46. The second-order valence-electron chi connectivity index (χ2n) is 3.93. The SMILES string of the molecule is CC(N)/C=C/c1ccc(-c2ccc(F)cc2)o1. The summed E-state index contributed by atoms with van der Waals surface area (Å²) in [6.45, 7) is 1.89. The van der Waals surface area contributed by atoms with E-state index >= 15 is 0 Å². The van der Waals surface area contributed by atoms with Crippen molar-refractivity contribution in [3.05, 3.63) is 54.1 Å². The van der Waals surface area contributed by atoms with Crippen LogP contribution in [0.1, 0.15) is 12.7 Å². The first-order valence-electron chi connectivity index (χ1n) is 5.45. The summed E-state index contributed by atoms with van der Waals surface area (Å²) in [6.07, 6.45) is 3.69. The Morgan fingerprint density at radius 3 is 2.53 bits per heavy atom. The van der Waals surface area contributed by atoms with Crippen LogP contribution < -0.4 is 5.73 Å². The molecule has 0 radical (unpaired) electrons. The normalized spacial score (nSPS) is 13.1. The van der Waals surface area contributed by atoms with E-state index in [1.165, 1.54) is 12.1 Å². The van der Waals surface area contributed by atoms with E-state index in [-0.39, 0.29) is 11.9 Å². The maximum absolute atomic E-state index is 12.8. The summed E-state index contributed by atoms with van der Waals surface area (Å²) in [5, 5.41) is 0. The maximum Gasteiger partial charge on any atom is 0.134 e. The van der Waals surface area contributed by atoms with E-state index < -0.39 is 0 Å². The van der Waals surface area contributed by atoms with Gasteiger partial charge in [0.2, 0.25) is 0 Å². The summed E-state index contributed by atoms with van der Waals surface area (Å²) < 4.78 is 18.4. The van der Waals surface area contributed by atoms with Crippen LogP contribution in [0.5, 0.6) is 0 Å². The molecule has 0 aliphatic rings. The Hall–Kier alpha value is -1.87. The molecule has 0 aliphatic carbocycles. The van der Waals surface area contributed by atoms with Gasteiger partial charge < -0.3 is 10.2 Å². The van der Waals surface area contributed by atoms with Crippen molar-refractivity contribution in [2.45, 2.75) is 13.0 Å². The minimum Gasteiger partial charge on any atom is -0.457 e. The Kier molecular flexibility index (Phi) is 3.40. The van der Waals surface area contributed by atoms with Gasteiger partial charge in [0, 0.05) is 11.6 Å². The van der Waals surface area contributed by atoms with Gasteiger partial charge in [0.1, 0.15) is 17.3 Å². The van der Waals surface area contributed by atoms with E-state index in [0.29, 0.717) is 5.76 Å². The first-order chi connectivity index (χ1) is 8.15. The van der Waals surface area contributed by atoms with Gasteiger partial charge >= 0.3 is 0 Å². The highest BCUT2D eigenvalue weighted by molar-refractivity contribution is 5.59. The largest absolute Gasteiger partial charge is 0.457 e. The molecule has 0 saturated heterocycles. The predicted molar refractivity (Wildman–Crippen MR) is 66.8 cm³/mol. The first kappa shape index (κ1) is 11.6.